The maximum absolute atomic E-state index is 13.1. The summed E-state index contributed by atoms with van der Waals surface area (Å²) in [5.41, 5.74) is 2.65. The fourth-order valence-electron chi connectivity index (χ4n) is 3.99. The Balaban J connectivity index is 1.97. The Hall–Kier alpha value is -3.59. The molecule has 2 rings (SSSR count). The third-order valence-electron chi connectivity index (χ3n) is 5.99. The van der Waals surface area contributed by atoms with E-state index in [4.69, 9.17) is 4.74 Å². The number of carbonyl (C=O) groups excluding carboxylic acids is 3. The van der Waals surface area contributed by atoms with E-state index in [9.17, 15) is 19.5 Å². The summed E-state index contributed by atoms with van der Waals surface area (Å²) in [5.74, 6) is -0.263. The van der Waals surface area contributed by atoms with Crippen LogP contribution in [-0.4, -0.2) is 48.2 Å². The number of ether oxygens (including phenoxy) is 1. The van der Waals surface area contributed by atoms with Crippen LogP contribution in [0.1, 0.15) is 50.3 Å². The molecule has 0 radical (unpaired) electrons. The molecule has 37 heavy (non-hydrogen) atoms. The molecule has 0 fully saturated rings. The number of aliphatic hydroxyl groups is 1. The topological polar surface area (TPSA) is 129 Å². The monoisotopic (exact) mass is 512 g/mol. The van der Waals surface area contributed by atoms with E-state index in [1.165, 1.54) is 0 Å². The van der Waals surface area contributed by atoms with E-state index in [-0.39, 0.29) is 12.5 Å². The first-order valence-electron chi connectivity index (χ1n) is 12.6. The Morgan fingerprint density at radius 3 is 2.24 bits per heavy atom. The second kappa shape index (κ2) is 14.8. The molecule has 0 aliphatic rings. The minimum absolute atomic E-state index is 0.128. The summed E-state index contributed by atoms with van der Waals surface area (Å²) in [5, 5.41) is 21.6. The standard InChI is InChI=1S/C28H40N4O5/c1-6-22(24(33)27(35)29-17-21-14-10-11-19(4)25(21)37-5)31-26(34)23(15-18(2)3)32-28(36)30-16-20-12-8-7-9-13-20/h7-14,18,22-24,33H,6,15-17H2,1-5H3,(H,29,35)(H,31,34)(H2,30,32,36)/t22?,23-,24?/m0/s1. The van der Waals surface area contributed by atoms with Crippen LogP contribution in [0.15, 0.2) is 48.5 Å². The van der Waals surface area contributed by atoms with E-state index in [0.717, 1.165) is 16.7 Å². The van der Waals surface area contributed by atoms with E-state index in [2.05, 4.69) is 21.3 Å². The number of hydrogen-bond acceptors (Lipinski definition) is 5. The van der Waals surface area contributed by atoms with Gasteiger partial charge in [-0.3, -0.25) is 9.59 Å². The number of nitrogens with one attached hydrogen (secondary N) is 4. The number of carbonyl (C=O) groups is 3. The maximum Gasteiger partial charge on any atom is 0.315 e. The van der Waals surface area contributed by atoms with Gasteiger partial charge >= 0.3 is 6.03 Å². The highest BCUT2D eigenvalue weighted by atomic mass is 16.5. The summed E-state index contributed by atoms with van der Waals surface area (Å²) < 4.78 is 5.41. The van der Waals surface area contributed by atoms with Gasteiger partial charge in [0.1, 0.15) is 11.8 Å². The number of benzene rings is 2. The molecule has 202 valence electrons. The summed E-state index contributed by atoms with van der Waals surface area (Å²) in [6.45, 7) is 8.06. The highest BCUT2D eigenvalue weighted by Crippen LogP contribution is 2.22. The minimum Gasteiger partial charge on any atom is -0.496 e. The molecule has 0 saturated heterocycles. The predicted molar refractivity (Wildman–Crippen MR) is 143 cm³/mol. The van der Waals surface area contributed by atoms with Gasteiger partial charge in [-0.25, -0.2) is 4.79 Å². The van der Waals surface area contributed by atoms with Gasteiger partial charge in [-0.05, 0) is 36.8 Å². The lowest BCUT2D eigenvalue weighted by atomic mass is 10.0. The van der Waals surface area contributed by atoms with Crippen LogP contribution in [-0.2, 0) is 22.7 Å². The SMILES string of the molecule is CCC(NC(=O)[C@H](CC(C)C)NC(=O)NCc1ccccc1)C(O)C(=O)NCc1cccc(C)c1OC. The second-order valence-corrected chi connectivity index (χ2v) is 9.45. The highest BCUT2D eigenvalue weighted by molar-refractivity contribution is 5.88. The summed E-state index contributed by atoms with van der Waals surface area (Å²) in [6.07, 6.45) is -0.740. The molecule has 2 aromatic rings. The van der Waals surface area contributed by atoms with Gasteiger partial charge in [0.2, 0.25) is 5.91 Å². The first kappa shape index (κ1) is 29.6. The minimum atomic E-state index is -1.46. The average molecular weight is 513 g/mol. The molecule has 2 aromatic carbocycles. The summed E-state index contributed by atoms with van der Waals surface area (Å²) in [4.78, 5) is 38.2. The maximum atomic E-state index is 13.1. The van der Waals surface area contributed by atoms with Gasteiger partial charge in [-0.15, -0.1) is 0 Å². The first-order chi connectivity index (χ1) is 17.7. The molecular formula is C28H40N4O5. The summed E-state index contributed by atoms with van der Waals surface area (Å²) in [6, 6.07) is 12.9. The lowest BCUT2D eigenvalue weighted by molar-refractivity contribution is -0.132. The lowest BCUT2D eigenvalue weighted by Gasteiger charge is -2.26. The van der Waals surface area contributed by atoms with Crippen LogP contribution in [0.5, 0.6) is 5.75 Å². The van der Waals surface area contributed by atoms with Crippen molar-refractivity contribution in [1.29, 1.82) is 0 Å². The third-order valence-corrected chi connectivity index (χ3v) is 5.99. The van der Waals surface area contributed by atoms with Crippen molar-refractivity contribution >= 4 is 17.8 Å². The van der Waals surface area contributed by atoms with E-state index in [1.54, 1.807) is 14.0 Å². The van der Waals surface area contributed by atoms with Crippen LogP contribution in [0.3, 0.4) is 0 Å². The number of hydrogen-bond donors (Lipinski definition) is 5. The number of aliphatic hydroxyl groups excluding tert-OH is 1. The smallest absolute Gasteiger partial charge is 0.315 e. The zero-order valence-corrected chi connectivity index (χ0v) is 22.3. The van der Waals surface area contributed by atoms with Crippen molar-refractivity contribution in [2.24, 2.45) is 5.92 Å². The van der Waals surface area contributed by atoms with Gasteiger partial charge in [0.25, 0.3) is 5.91 Å². The quantitative estimate of drug-likeness (QED) is 0.282. The molecule has 0 aliphatic heterocycles. The molecular weight excluding hydrogens is 472 g/mol. The molecule has 0 saturated carbocycles. The van der Waals surface area contributed by atoms with Crippen molar-refractivity contribution in [3.8, 4) is 5.75 Å². The Morgan fingerprint density at radius 2 is 1.62 bits per heavy atom. The van der Waals surface area contributed by atoms with Gasteiger partial charge in [-0.2, -0.15) is 0 Å². The third kappa shape index (κ3) is 9.42. The largest absolute Gasteiger partial charge is 0.496 e. The van der Waals surface area contributed by atoms with Crippen LogP contribution in [0, 0.1) is 12.8 Å². The highest BCUT2D eigenvalue weighted by Gasteiger charge is 2.30. The van der Waals surface area contributed by atoms with Crippen molar-refractivity contribution in [1.82, 2.24) is 21.3 Å². The summed E-state index contributed by atoms with van der Waals surface area (Å²) >= 11 is 0. The normalized spacial score (nSPS) is 13.3. The fourth-order valence-corrected chi connectivity index (χ4v) is 3.99. The molecule has 0 heterocycles. The second-order valence-electron chi connectivity index (χ2n) is 9.45. The molecule has 9 heteroatoms. The van der Waals surface area contributed by atoms with Crippen LogP contribution < -0.4 is 26.0 Å². The molecule has 3 atom stereocenters. The fraction of sp³-hybridized carbons (Fsp3) is 0.464. The van der Waals surface area contributed by atoms with Gasteiger partial charge in [-0.1, -0.05) is 69.3 Å². The van der Waals surface area contributed by atoms with Crippen molar-refractivity contribution in [3.63, 3.8) is 0 Å². The molecule has 0 aromatic heterocycles. The lowest BCUT2D eigenvalue weighted by Crippen LogP contribution is -2.56. The zero-order valence-electron chi connectivity index (χ0n) is 22.3. The van der Waals surface area contributed by atoms with Gasteiger partial charge in [0, 0.05) is 18.7 Å². The molecule has 9 nitrogen and oxygen atoms in total. The zero-order chi connectivity index (χ0) is 27.4. The van der Waals surface area contributed by atoms with Crippen molar-refractivity contribution in [2.45, 2.75) is 71.8 Å². The molecule has 2 unspecified atom stereocenters. The molecule has 0 bridgehead atoms. The molecule has 5 N–H and O–H groups in total. The Bertz CT molecular complexity index is 1030. The number of urea groups is 1. The Kier molecular flexibility index (Phi) is 11.9. The van der Waals surface area contributed by atoms with Gasteiger partial charge in [0.15, 0.2) is 6.10 Å². The van der Waals surface area contributed by atoms with Gasteiger partial charge in [0.05, 0.1) is 13.2 Å². The molecule has 0 aliphatic carbocycles. The molecule has 0 spiro atoms. The average Bonchev–Trinajstić information content (AvgIpc) is 2.88. The van der Waals surface area contributed by atoms with Crippen molar-refractivity contribution in [3.05, 3.63) is 65.2 Å². The van der Waals surface area contributed by atoms with E-state index in [1.807, 2.05) is 69.3 Å². The predicted octanol–water partition coefficient (Wildman–Crippen LogP) is 2.79. The Labute approximate surface area is 219 Å². The number of para-hydroxylation sites is 1. The van der Waals surface area contributed by atoms with Crippen LogP contribution in [0.2, 0.25) is 0 Å². The van der Waals surface area contributed by atoms with Crippen molar-refractivity contribution < 1.29 is 24.2 Å². The number of rotatable bonds is 13. The number of amides is 4. The van der Waals surface area contributed by atoms with E-state index >= 15 is 0 Å². The van der Waals surface area contributed by atoms with Crippen LogP contribution in [0.4, 0.5) is 4.79 Å². The molecule has 4 amide bonds. The number of methoxy groups -OCH3 is 1. The number of aryl methyl sites for hydroxylation is 1. The summed E-state index contributed by atoms with van der Waals surface area (Å²) in [7, 11) is 1.56. The first-order valence-corrected chi connectivity index (χ1v) is 12.6. The van der Waals surface area contributed by atoms with E-state index in [0.29, 0.717) is 25.1 Å². The van der Waals surface area contributed by atoms with Crippen molar-refractivity contribution in [2.75, 3.05) is 7.11 Å². The van der Waals surface area contributed by atoms with Crippen LogP contribution in [0.25, 0.3) is 0 Å². The Morgan fingerprint density at radius 1 is 0.919 bits per heavy atom. The van der Waals surface area contributed by atoms with Gasteiger partial charge < -0.3 is 31.1 Å². The van der Waals surface area contributed by atoms with Crippen LogP contribution >= 0.6 is 0 Å². The van der Waals surface area contributed by atoms with E-state index < -0.39 is 36.0 Å².